The molecule has 0 unspecified atom stereocenters. The summed E-state index contributed by atoms with van der Waals surface area (Å²) in [6, 6.07) is 7.80. The average molecular weight is 281 g/mol. The molecule has 0 aliphatic heterocycles. The van der Waals surface area contributed by atoms with Crippen molar-refractivity contribution in [3.63, 3.8) is 0 Å². The normalized spacial score (nSPS) is 12.1. The summed E-state index contributed by atoms with van der Waals surface area (Å²) in [5.74, 6) is 0.442. The van der Waals surface area contributed by atoms with Crippen molar-refractivity contribution >= 4 is 20.7 Å². The molecule has 0 saturated carbocycles. The molecule has 0 radical (unpaired) electrons. The van der Waals surface area contributed by atoms with E-state index in [1.807, 2.05) is 30.5 Å². The number of hydrogen-bond acceptors (Lipinski definition) is 3. The van der Waals surface area contributed by atoms with Crippen LogP contribution in [0.3, 0.4) is 0 Å². The van der Waals surface area contributed by atoms with Crippen LogP contribution >= 0.6 is 0 Å². The number of aromatic nitrogens is 1. The van der Waals surface area contributed by atoms with Crippen LogP contribution in [-0.2, 0) is 23.0 Å². The van der Waals surface area contributed by atoms with Gasteiger partial charge in [0, 0.05) is 24.0 Å². The van der Waals surface area contributed by atoms with Crippen LogP contribution in [-0.4, -0.2) is 29.6 Å². The van der Waals surface area contributed by atoms with Crippen LogP contribution in [0.2, 0.25) is 0 Å². The number of rotatable bonds is 6. The molecule has 0 spiro atoms. The summed E-state index contributed by atoms with van der Waals surface area (Å²) in [5.41, 5.74) is 1.96. The van der Waals surface area contributed by atoms with Gasteiger partial charge in [-0.1, -0.05) is 13.0 Å². The average Bonchev–Trinajstić information content (AvgIpc) is 2.81. The lowest BCUT2D eigenvalue weighted by molar-refractivity contribution is 0.282. The first-order valence-electron chi connectivity index (χ1n) is 6.45. The predicted molar refractivity (Wildman–Crippen MR) is 76.8 cm³/mol. The third kappa shape index (κ3) is 3.36. The number of sulfone groups is 1. The van der Waals surface area contributed by atoms with Crippen molar-refractivity contribution in [2.24, 2.45) is 0 Å². The molecule has 2 aromatic rings. The van der Waals surface area contributed by atoms with Gasteiger partial charge in [0.05, 0.1) is 12.4 Å². The summed E-state index contributed by atoms with van der Waals surface area (Å²) < 4.78 is 24.9. The van der Waals surface area contributed by atoms with Crippen LogP contribution in [0.15, 0.2) is 30.5 Å². The lowest BCUT2D eigenvalue weighted by Gasteiger charge is -2.06. The SMILES string of the molecule is CCS(=O)(=O)CCCn1ccc2cc(CO)ccc21. The fourth-order valence-corrected chi connectivity index (χ4v) is 3.00. The van der Waals surface area contributed by atoms with Gasteiger partial charge in [0.25, 0.3) is 0 Å². The Hall–Kier alpha value is -1.33. The van der Waals surface area contributed by atoms with E-state index in [0.717, 1.165) is 16.5 Å². The van der Waals surface area contributed by atoms with E-state index in [1.54, 1.807) is 6.92 Å². The molecule has 2 rings (SSSR count). The van der Waals surface area contributed by atoms with Crippen molar-refractivity contribution in [1.29, 1.82) is 0 Å². The van der Waals surface area contributed by atoms with Crippen LogP contribution in [0, 0.1) is 0 Å². The molecule has 1 aromatic carbocycles. The lowest BCUT2D eigenvalue weighted by atomic mass is 10.2. The molecule has 19 heavy (non-hydrogen) atoms. The van der Waals surface area contributed by atoms with E-state index in [4.69, 9.17) is 5.11 Å². The molecule has 1 heterocycles. The summed E-state index contributed by atoms with van der Waals surface area (Å²) >= 11 is 0. The van der Waals surface area contributed by atoms with Crippen molar-refractivity contribution < 1.29 is 13.5 Å². The third-order valence-electron chi connectivity index (χ3n) is 3.31. The fraction of sp³-hybridized carbons (Fsp3) is 0.429. The van der Waals surface area contributed by atoms with Crippen molar-refractivity contribution in [3.05, 3.63) is 36.0 Å². The number of hydrogen-bond donors (Lipinski definition) is 1. The van der Waals surface area contributed by atoms with Gasteiger partial charge in [-0.3, -0.25) is 0 Å². The summed E-state index contributed by atoms with van der Waals surface area (Å²) in [6.45, 7) is 2.41. The topological polar surface area (TPSA) is 59.3 Å². The second kappa shape index (κ2) is 5.75. The third-order valence-corrected chi connectivity index (χ3v) is 5.10. The molecule has 1 N–H and O–H groups in total. The maximum absolute atomic E-state index is 11.4. The van der Waals surface area contributed by atoms with Crippen LogP contribution in [0.25, 0.3) is 10.9 Å². The van der Waals surface area contributed by atoms with Crippen LogP contribution in [0.4, 0.5) is 0 Å². The molecule has 104 valence electrons. The van der Waals surface area contributed by atoms with Crippen molar-refractivity contribution in [3.8, 4) is 0 Å². The molecule has 0 aliphatic rings. The standard InChI is InChI=1S/C14H19NO3S/c1-2-19(17,18)9-3-7-15-8-6-13-10-12(11-16)4-5-14(13)15/h4-6,8,10,16H,2-3,7,9,11H2,1H3. The molecule has 0 atom stereocenters. The Morgan fingerprint density at radius 3 is 2.74 bits per heavy atom. The van der Waals surface area contributed by atoms with E-state index in [2.05, 4.69) is 4.57 Å². The van der Waals surface area contributed by atoms with Gasteiger partial charge >= 0.3 is 0 Å². The summed E-state index contributed by atoms with van der Waals surface area (Å²) in [7, 11) is -2.88. The summed E-state index contributed by atoms with van der Waals surface area (Å²) in [6.07, 6.45) is 2.59. The Morgan fingerprint density at radius 2 is 2.05 bits per heavy atom. The monoisotopic (exact) mass is 281 g/mol. The maximum Gasteiger partial charge on any atom is 0.150 e. The Morgan fingerprint density at radius 1 is 1.26 bits per heavy atom. The first kappa shape index (κ1) is 14.1. The zero-order valence-corrected chi connectivity index (χ0v) is 11.9. The van der Waals surface area contributed by atoms with E-state index in [1.165, 1.54) is 0 Å². The van der Waals surface area contributed by atoms with Crippen molar-refractivity contribution in [1.82, 2.24) is 4.57 Å². The zero-order valence-electron chi connectivity index (χ0n) is 11.0. The minimum absolute atomic E-state index is 0.0376. The highest BCUT2D eigenvalue weighted by Crippen LogP contribution is 2.18. The molecule has 5 heteroatoms. The van der Waals surface area contributed by atoms with E-state index >= 15 is 0 Å². The predicted octanol–water partition coefficient (Wildman–Crippen LogP) is 1.96. The van der Waals surface area contributed by atoms with Crippen LogP contribution in [0.1, 0.15) is 18.9 Å². The van der Waals surface area contributed by atoms with Crippen molar-refractivity contribution in [2.75, 3.05) is 11.5 Å². The number of benzene rings is 1. The molecule has 4 nitrogen and oxygen atoms in total. The van der Waals surface area contributed by atoms with Gasteiger partial charge in [-0.05, 0) is 35.6 Å². The largest absolute Gasteiger partial charge is 0.392 e. The highest BCUT2D eigenvalue weighted by Gasteiger charge is 2.08. The smallest absolute Gasteiger partial charge is 0.150 e. The van der Waals surface area contributed by atoms with Gasteiger partial charge < -0.3 is 9.67 Å². The molecule has 0 fully saturated rings. The summed E-state index contributed by atoms with van der Waals surface area (Å²) in [4.78, 5) is 0. The number of aliphatic hydroxyl groups is 1. The Bertz CT molecular complexity index is 658. The quantitative estimate of drug-likeness (QED) is 0.880. The second-order valence-corrected chi connectivity index (χ2v) is 7.12. The number of aryl methyl sites for hydroxylation is 1. The summed E-state index contributed by atoms with van der Waals surface area (Å²) in [5, 5.41) is 10.2. The molecular formula is C14H19NO3S. The minimum Gasteiger partial charge on any atom is -0.392 e. The maximum atomic E-state index is 11.4. The highest BCUT2D eigenvalue weighted by molar-refractivity contribution is 7.91. The lowest BCUT2D eigenvalue weighted by Crippen LogP contribution is -2.11. The first-order chi connectivity index (χ1) is 9.05. The Labute approximate surface area is 113 Å². The van der Waals surface area contributed by atoms with E-state index in [0.29, 0.717) is 13.0 Å². The van der Waals surface area contributed by atoms with E-state index in [9.17, 15) is 8.42 Å². The number of nitrogens with zero attached hydrogens (tertiary/aromatic N) is 1. The highest BCUT2D eigenvalue weighted by atomic mass is 32.2. The van der Waals surface area contributed by atoms with Gasteiger partial charge in [-0.2, -0.15) is 0 Å². The fourth-order valence-electron chi connectivity index (χ4n) is 2.14. The van der Waals surface area contributed by atoms with Gasteiger partial charge in [-0.25, -0.2) is 8.42 Å². The van der Waals surface area contributed by atoms with Crippen LogP contribution < -0.4 is 0 Å². The molecule has 0 aliphatic carbocycles. The van der Waals surface area contributed by atoms with Gasteiger partial charge in [0.2, 0.25) is 0 Å². The molecule has 1 aromatic heterocycles. The molecule has 0 amide bonds. The van der Waals surface area contributed by atoms with E-state index < -0.39 is 9.84 Å². The van der Waals surface area contributed by atoms with Gasteiger partial charge in [0.15, 0.2) is 0 Å². The van der Waals surface area contributed by atoms with Crippen molar-refractivity contribution in [2.45, 2.75) is 26.5 Å². The molecular weight excluding hydrogens is 262 g/mol. The molecule has 0 bridgehead atoms. The number of aliphatic hydroxyl groups excluding tert-OH is 1. The zero-order chi connectivity index (χ0) is 13.9. The first-order valence-corrected chi connectivity index (χ1v) is 8.27. The Kier molecular flexibility index (Phi) is 4.27. The minimum atomic E-state index is -2.88. The van der Waals surface area contributed by atoms with Gasteiger partial charge in [0.1, 0.15) is 9.84 Å². The number of fused-ring (bicyclic) bond motifs is 1. The second-order valence-electron chi connectivity index (χ2n) is 4.65. The Balaban J connectivity index is 2.09. The van der Waals surface area contributed by atoms with E-state index in [-0.39, 0.29) is 18.1 Å². The van der Waals surface area contributed by atoms with Crippen LogP contribution in [0.5, 0.6) is 0 Å². The molecule has 0 saturated heterocycles. The van der Waals surface area contributed by atoms with Gasteiger partial charge in [-0.15, -0.1) is 0 Å².